The molecule has 1 heterocycles. The highest BCUT2D eigenvalue weighted by molar-refractivity contribution is 5.74. The van der Waals surface area contributed by atoms with Gasteiger partial charge in [-0.1, -0.05) is 0 Å². The van der Waals surface area contributed by atoms with E-state index in [1.54, 1.807) is 21.3 Å². The predicted octanol–water partition coefficient (Wildman–Crippen LogP) is 1.17. The molecular weight excluding hydrogens is 258 g/mol. The molecule has 2 amide bonds. The Bertz CT molecular complexity index is 471. The second kappa shape index (κ2) is 6.36. The molecule has 0 unspecified atom stereocenters. The fraction of sp³-hybridized carbons (Fsp3) is 0.500. The first-order valence-electron chi connectivity index (χ1n) is 6.63. The van der Waals surface area contributed by atoms with E-state index in [4.69, 9.17) is 9.47 Å². The van der Waals surface area contributed by atoms with Crippen molar-refractivity contribution in [3.05, 3.63) is 18.2 Å². The van der Waals surface area contributed by atoms with Crippen molar-refractivity contribution >= 4 is 11.7 Å². The first-order chi connectivity index (χ1) is 9.69. The van der Waals surface area contributed by atoms with Crippen molar-refractivity contribution in [2.45, 2.75) is 0 Å². The maximum Gasteiger partial charge on any atom is 0.317 e. The van der Waals surface area contributed by atoms with Crippen molar-refractivity contribution in [1.29, 1.82) is 0 Å². The van der Waals surface area contributed by atoms with E-state index in [1.165, 1.54) is 0 Å². The lowest BCUT2D eigenvalue weighted by atomic mass is 10.2. The van der Waals surface area contributed by atoms with Crippen LogP contribution in [0, 0.1) is 0 Å². The van der Waals surface area contributed by atoms with Crippen molar-refractivity contribution in [3.63, 3.8) is 0 Å². The third-order valence-electron chi connectivity index (χ3n) is 3.51. The number of nitrogens with zero attached hydrogens (tertiary/aromatic N) is 2. The van der Waals surface area contributed by atoms with Gasteiger partial charge >= 0.3 is 6.03 Å². The number of methoxy groups -OCH3 is 2. The number of carbonyl (C=O) groups is 1. The highest BCUT2D eigenvalue weighted by Gasteiger charge is 2.22. The normalized spacial score (nSPS) is 14.9. The minimum atomic E-state index is -0.0219. The first-order valence-corrected chi connectivity index (χ1v) is 6.63. The highest BCUT2D eigenvalue weighted by atomic mass is 16.5. The van der Waals surface area contributed by atoms with Crippen molar-refractivity contribution in [1.82, 2.24) is 10.2 Å². The van der Waals surface area contributed by atoms with Crippen LogP contribution >= 0.6 is 0 Å². The zero-order valence-corrected chi connectivity index (χ0v) is 12.2. The number of nitrogens with one attached hydrogen (secondary N) is 1. The van der Waals surface area contributed by atoms with Crippen LogP contribution in [0.15, 0.2) is 18.2 Å². The summed E-state index contributed by atoms with van der Waals surface area (Å²) in [5.41, 5.74) is 1.03. The molecule has 1 aliphatic heterocycles. The van der Waals surface area contributed by atoms with Crippen molar-refractivity contribution in [2.75, 3.05) is 52.3 Å². The van der Waals surface area contributed by atoms with E-state index in [0.717, 1.165) is 30.3 Å². The molecule has 110 valence electrons. The molecule has 1 saturated heterocycles. The largest absolute Gasteiger partial charge is 0.497 e. The summed E-state index contributed by atoms with van der Waals surface area (Å²) < 4.78 is 10.6. The Labute approximate surface area is 119 Å². The van der Waals surface area contributed by atoms with Crippen LogP contribution in [-0.4, -0.2) is 58.4 Å². The molecule has 1 aromatic rings. The predicted molar refractivity (Wildman–Crippen MR) is 77.8 cm³/mol. The fourth-order valence-corrected chi connectivity index (χ4v) is 2.35. The van der Waals surface area contributed by atoms with Crippen molar-refractivity contribution in [3.8, 4) is 11.5 Å². The molecule has 6 heteroatoms. The molecule has 0 aromatic heterocycles. The second-order valence-corrected chi connectivity index (χ2v) is 4.57. The van der Waals surface area contributed by atoms with E-state index < -0.39 is 0 Å². The summed E-state index contributed by atoms with van der Waals surface area (Å²) in [6.07, 6.45) is 0. The summed E-state index contributed by atoms with van der Waals surface area (Å²) >= 11 is 0. The number of hydrogen-bond acceptors (Lipinski definition) is 4. The summed E-state index contributed by atoms with van der Waals surface area (Å²) in [6, 6.07) is 5.77. The van der Waals surface area contributed by atoms with Gasteiger partial charge in [-0.3, -0.25) is 0 Å². The number of urea groups is 1. The molecule has 0 aliphatic carbocycles. The van der Waals surface area contributed by atoms with Gasteiger partial charge in [-0.15, -0.1) is 0 Å². The summed E-state index contributed by atoms with van der Waals surface area (Å²) in [6.45, 7) is 2.98. The molecule has 6 nitrogen and oxygen atoms in total. The smallest absolute Gasteiger partial charge is 0.317 e. The van der Waals surface area contributed by atoms with Gasteiger partial charge in [0.05, 0.1) is 19.9 Å². The monoisotopic (exact) mass is 279 g/mol. The molecule has 2 rings (SSSR count). The Morgan fingerprint density at radius 3 is 2.40 bits per heavy atom. The Morgan fingerprint density at radius 1 is 1.15 bits per heavy atom. The summed E-state index contributed by atoms with van der Waals surface area (Å²) in [5, 5.41) is 2.65. The fourth-order valence-electron chi connectivity index (χ4n) is 2.35. The van der Waals surface area contributed by atoms with Gasteiger partial charge in [0, 0.05) is 39.3 Å². The first kappa shape index (κ1) is 14.3. The molecule has 0 saturated carbocycles. The zero-order chi connectivity index (χ0) is 14.5. The van der Waals surface area contributed by atoms with Gasteiger partial charge in [-0.05, 0) is 12.1 Å². The number of amides is 2. The minimum absolute atomic E-state index is 0.0219. The van der Waals surface area contributed by atoms with E-state index in [9.17, 15) is 4.79 Å². The molecule has 20 heavy (non-hydrogen) atoms. The average Bonchev–Trinajstić information content (AvgIpc) is 2.53. The lowest BCUT2D eigenvalue weighted by Crippen LogP contribution is -2.51. The minimum Gasteiger partial charge on any atom is -0.497 e. The summed E-state index contributed by atoms with van der Waals surface area (Å²) in [5.74, 6) is 1.56. The molecule has 0 atom stereocenters. The molecule has 0 bridgehead atoms. The lowest BCUT2D eigenvalue weighted by molar-refractivity contribution is 0.196. The summed E-state index contributed by atoms with van der Waals surface area (Å²) in [7, 11) is 4.94. The van der Waals surface area contributed by atoms with Crippen molar-refractivity contribution in [2.24, 2.45) is 0 Å². The second-order valence-electron chi connectivity index (χ2n) is 4.57. The SMILES string of the molecule is CNC(=O)N1CCN(c2ccc(OC)cc2OC)CC1. The maximum atomic E-state index is 11.6. The van der Waals surface area contributed by atoms with Gasteiger partial charge in [0.25, 0.3) is 0 Å². The van der Waals surface area contributed by atoms with Crippen LogP contribution in [0.2, 0.25) is 0 Å². The third-order valence-corrected chi connectivity index (χ3v) is 3.51. The standard InChI is InChI=1S/C14H21N3O3/c1-15-14(18)17-8-6-16(7-9-17)12-5-4-11(19-2)10-13(12)20-3/h4-5,10H,6-9H2,1-3H3,(H,15,18). The van der Waals surface area contributed by atoms with E-state index in [-0.39, 0.29) is 6.03 Å². The van der Waals surface area contributed by atoms with Crippen LogP contribution in [-0.2, 0) is 0 Å². The Morgan fingerprint density at radius 2 is 1.85 bits per heavy atom. The quantitative estimate of drug-likeness (QED) is 0.902. The lowest BCUT2D eigenvalue weighted by Gasteiger charge is -2.36. The van der Waals surface area contributed by atoms with E-state index in [0.29, 0.717) is 13.1 Å². The van der Waals surface area contributed by atoms with Crippen LogP contribution in [0.25, 0.3) is 0 Å². The van der Waals surface area contributed by atoms with Crippen LogP contribution in [0.3, 0.4) is 0 Å². The van der Waals surface area contributed by atoms with E-state index >= 15 is 0 Å². The van der Waals surface area contributed by atoms with Crippen molar-refractivity contribution < 1.29 is 14.3 Å². The number of benzene rings is 1. The van der Waals surface area contributed by atoms with Gasteiger partial charge in [-0.2, -0.15) is 0 Å². The average molecular weight is 279 g/mol. The molecule has 1 N–H and O–H groups in total. The number of carbonyl (C=O) groups excluding carboxylic acids is 1. The van der Waals surface area contributed by atoms with Gasteiger partial charge in [-0.25, -0.2) is 4.79 Å². The molecule has 1 aromatic carbocycles. The van der Waals surface area contributed by atoms with Gasteiger partial charge in [0.2, 0.25) is 0 Å². The Hall–Kier alpha value is -2.11. The highest BCUT2D eigenvalue weighted by Crippen LogP contribution is 2.32. The van der Waals surface area contributed by atoms with E-state index in [1.807, 2.05) is 23.1 Å². The van der Waals surface area contributed by atoms with E-state index in [2.05, 4.69) is 10.2 Å². The summed E-state index contributed by atoms with van der Waals surface area (Å²) in [4.78, 5) is 15.6. The Kier molecular flexibility index (Phi) is 4.55. The molecule has 0 radical (unpaired) electrons. The number of piperazine rings is 1. The molecule has 1 fully saturated rings. The van der Waals surface area contributed by atoms with Gasteiger partial charge in [0.1, 0.15) is 11.5 Å². The van der Waals surface area contributed by atoms with Gasteiger partial charge < -0.3 is 24.6 Å². The molecule has 0 spiro atoms. The number of ether oxygens (including phenoxy) is 2. The topological polar surface area (TPSA) is 54.0 Å². The van der Waals surface area contributed by atoms with Crippen LogP contribution in [0.5, 0.6) is 11.5 Å². The van der Waals surface area contributed by atoms with Crippen LogP contribution in [0.1, 0.15) is 0 Å². The number of anilines is 1. The number of hydrogen-bond donors (Lipinski definition) is 1. The maximum absolute atomic E-state index is 11.6. The molecule has 1 aliphatic rings. The zero-order valence-electron chi connectivity index (χ0n) is 12.2. The Balaban J connectivity index is 2.08. The van der Waals surface area contributed by atoms with Crippen LogP contribution in [0.4, 0.5) is 10.5 Å². The third kappa shape index (κ3) is 2.89. The number of rotatable bonds is 3. The van der Waals surface area contributed by atoms with Crippen LogP contribution < -0.4 is 19.7 Å². The molecular formula is C14H21N3O3. The van der Waals surface area contributed by atoms with Gasteiger partial charge in [0.15, 0.2) is 0 Å².